The standard InChI is InChI=1S/C14H29N/c1-5-7-8-9-11-14(3,4)12-10-13-15-6-2/h10,12,15H,5-9,11,13H2,1-4H3/b12-10-. The molecule has 0 atom stereocenters. The summed E-state index contributed by atoms with van der Waals surface area (Å²) in [6, 6.07) is 0. The van der Waals surface area contributed by atoms with E-state index >= 15 is 0 Å². The molecule has 0 aromatic carbocycles. The lowest BCUT2D eigenvalue weighted by Gasteiger charge is -2.20. The van der Waals surface area contributed by atoms with Crippen LogP contribution < -0.4 is 5.32 Å². The number of hydrogen-bond acceptors (Lipinski definition) is 1. The molecule has 0 fully saturated rings. The van der Waals surface area contributed by atoms with Gasteiger partial charge in [-0.3, -0.25) is 0 Å². The van der Waals surface area contributed by atoms with Crippen LogP contribution in [-0.4, -0.2) is 13.1 Å². The Hall–Kier alpha value is -0.300. The molecular weight excluding hydrogens is 182 g/mol. The second-order valence-corrected chi connectivity index (χ2v) is 5.01. The average Bonchev–Trinajstić information content (AvgIpc) is 2.20. The molecule has 1 heteroatoms. The fourth-order valence-corrected chi connectivity index (χ4v) is 1.70. The highest BCUT2D eigenvalue weighted by atomic mass is 14.8. The SMILES string of the molecule is CCCCCCC(C)(C)/C=C\CNCC. The quantitative estimate of drug-likeness (QED) is 0.446. The number of nitrogens with one attached hydrogen (secondary N) is 1. The minimum absolute atomic E-state index is 0.378. The summed E-state index contributed by atoms with van der Waals surface area (Å²) >= 11 is 0. The van der Waals surface area contributed by atoms with E-state index in [4.69, 9.17) is 0 Å². The molecule has 0 saturated heterocycles. The summed E-state index contributed by atoms with van der Waals surface area (Å²) in [5.74, 6) is 0. The van der Waals surface area contributed by atoms with Crippen LogP contribution in [0.2, 0.25) is 0 Å². The molecule has 90 valence electrons. The van der Waals surface area contributed by atoms with E-state index in [9.17, 15) is 0 Å². The number of unbranched alkanes of at least 4 members (excludes halogenated alkanes) is 3. The zero-order valence-electron chi connectivity index (χ0n) is 11.1. The van der Waals surface area contributed by atoms with Crippen LogP contribution in [0.1, 0.15) is 59.8 Å². The molecule has 0 bridgehead atoms. The molecule has 0 heterocycles. The van der Waals surface area contributed by atoms with E-state index in [1.807, 2.05) is 0 Å². The largest absolute Gasteiger partial charge is 0.314 e. The van der Waals surface area contributed by atoms with E-state index in [0.29, 0.717) is 5.41 Å². The minimum atomic E-state index is 0.378. The second-order valence-electron chi connectivity index (χ2n) is 5.01. The predicted octanol–water partition coefficient (Wildman–Crippen LogP) is 4.15. The molecule has 0 amide bonds. The number of allylic oxidation sites excluding steroid dienone is 1. The number of hydrogen-bond donors (Lipinski definition) is 1. The molecule has 0 spiro atoms. The number of rotatable bonds is 9. The van der Waals surface area contributed by atoms with Crippen molar-refractivity contribution in [1.29, 1.82) is 0 Å². The molecule has 15 heavy (non-hydrogen) atoms. The van der Waals surface area contributed by atoms with Gasteiger partial charge in [0.25, 0.3) is 0 Å². The highest BCUT2D eigenvalue weighted by molar-refractivity contribution is 4.95. The van der Waals surface area contributed by atoms with Crippen molar-refractivity contribution in [3.05, 3.63) is 12.2 Å². The molecule has 0 aromatic rings. The fraction of sp³-hybridized carbons (Fsp3) is 0.857. The normalized spacial score (nSPS) is 12.5. The third-order valence-electron chi connectivity index (χ3n) is 2.76. The van der Waals surface area contributed by atoms with Crippen LogP contribution in [0.15, 0.2) is 12.2 Å². The van der Waals surface area contributed by atoms with Crippen molar-refractivity contribution in [2.24, 2.45) is 5.41 Å². The van der Waals surface area contributed by atoms with E-state index < -0.39 is 0 Å². The van der Waals surface area contributed by atoms with Gasteiger partial charge in [-0.15, -0.1) is 0 Å². The van der Waals surface area contributed by atoms with Crippen LogP contribution in [0.5, 0.6) is 0 Å². The first-order chi connectivity index (χ1) is 7.12. The van der Waals surface area contributed by atoms with Crippen LogP contribution >= 0.6 is 0 Å². The van der Waals surface area contributed by atoms with Crippen molar-refractivity contribution in [2.45, 2.75) is 59.8 Å². The van der Waals surface area contributed by atoms with Gasteiger partial charge in [0.15, 0.2) is 0 Å². The lowest BCUT2D eigenvalue weighted by Crippen LogP contribution is -2.13. The molecule has 1 nitrogen and oxygen atoms in total. The fourth-order valence-electron chi connectivity index (χ4n) is 1.70. The Kier molecular flexibility index (Phi) is 8.79. The minimum Gasteiger partial charge on any atom is -0.314 e. The Bertz CT molecular complexity index is 159. The highest BCUT2D eigenvalue weighted by Crippen LogP contribution is 2.25. The maximum absolute atomic E-state index is 3.31. The zero-order chi connectivity index (χ0) is 11.6. The summed E-state index contributed by atoms with van der Waals surface area (Å²) in [7, 11) is 0. The van der Waals surface area contributed by atoms with Gasteiger partial charge in [-0.05, 0) is 18.4 Å². The first-order valence-corrected chi connectivity index (χ1v) is 6.51. The van der Waals surface area contributed by atoms with Gasteiger partial charge in [0.1, 0.15) is 0 Å². The Morgan fingerprint density at radius 1 is 1.07 bits per heavy atom. The van der Waals surface area contributed by atoms with Crippen LogP contribution in [-0.2, 0) is 0 Å². The summed E-state index contributed by atoms with van der Waals surface area (Å²) in [5.41, 5.74) is 0.378. The molecule has 0 rings (SSSR count). The molecule has 0 saturated carbocycles. The maximum Gasteiger partial charge on any atom is 0.0134 e. The Labute approximate surface area is 96.3 Å². The van der Waals surface area contributed by atoms with E-state index in [1.165, 1.54) is 32.1 Å². The van der Waals surface area contributed by atoms with Gasteiger partial charge in [0.2, 0.25) is 0 Å². The van der Waals surface area contributed by atoms with Crippen LogP contribution in [0, 0.1) is 5.41 Å². The van der Waals surface area contributed by atoms with E-state index in [0.717, 1.165) is 13.1 Å². The Morgan fingerprint density at radius 3 is 2.40 bits per heavy atom. The average molecular weight is 211 g/mol. The molecule has 0 aliphatic carbocycles. The molecular formula is C14H29N. The Balaban J connectivity index is 3.60. The van der Waals surface area contributed by atoms with Gasteiger partial charge in [0.05, 0.1) is 0 Å². The van der Waals surface area contributed by atoms with Crippen molar-refractivity contribution >= 4 is 0 Å². The van der Waals surface area contributed by atoms with Gasteiger partial charge >= 0.3 is 0 Å². The summed E-state index contributed by atoms with van der Waals surface area (Å²) in [4.78, 5) is 0. The van der Waals surface area contributed by atoms with Crippen LogP contribution in [0.3, 0.4) is 0 Å². The maximum atomic E-state index is 3.31. The molecule has 1 N–H and O–H groups in total. The Morgan fingerprint density at radius 2 is 1.80 bits per heavy atom. The van der Waals surface area contributed by atoms with Crippen molar-refractivity contribution in [1.82, 2.24) is 5.32 Å². The van der Waals surface area contributed by atoms with Gasteiger partial charge in [0, 0.05) is 6.54 Å². The van der Waals surface area contributed by atoms with E-state index in [-0.39, 0.29) is 0 Å². The van der Waals surface area contributed by atoms with E-state index in [2.05, 4.69) is 45.2 Å². The second kappa shape index (κ2) is 8.96. The smallest absolute Gasteiger partial charge is 0.0134 e. The van der Waals surface area contributed by atoms with Crippen LogP contribution in [0.4, 0.5) is 0 Å². The molecule has 0 unspecified atom stereocenters. The zero-order valence-corrected chi connectivity index (χ0v) is 11.1. The summed E-state index contributed by atoms with van der Waals surface area (Å²) < 4.78 is 0. The lowest BCUT2D eigenvalue weighted by atomic mass is 9.86. The van der Waals surface area contributed by atoms with Crippen molar-refractivity contribution in [3.63, 3.8) is 0 Å². The summed E-state index contributed by atoms with van der Waals surface area (Å²) in [5, 5.41) is 3.31. The third-order valence-corrected chi connectivity index (χ3v) is 2.76. The predicted molar refractivity (Wildman–Crippen MR) is 70.2 cm³/mol. The third kappa shape index (κ3) is 9.99. The van der Waals surface area contributed by atoms with Gasteiger partial charge < -0.3 is 5.32 Å². The molecule has 0 aliphatic heterocycles. The molecule has 0 aromatic heterocycles. The van der Waals surface area contributed by atoms with Gasteiger partial charge in [-0.2, -0.15) is 0 Å². The first kappa shape index (κ1) is 14.7. The van der Waals surface area contributed by atoms with Gasteiger partial charge in [-0.25, -0.2) is 0 Å². The van der Waals surface area contributed by atoms with Crippen LogP contribution in [0.25, 0.3) is 0 Å². The molecule has 0 aliphatic rings. The highest BCUT2D eigenvalue weighted by Gasteiger charge is 2.12. The summed E-state index contributed by atoms with van der Waals surface area (Å²) in [6.45, 7) is 11.1. The topological polar surface area (TPSA) is 12.0 Å². The first-order valence-electron chi connectivity index (χ1n) is 6.51. The number of likely N-dealkylation sites (N-methyl/N-ethyl adjacent to an activating group) is 1. The molecule has 0 radical (unpaired) electrons. The van der Waals surface area contributed by atoms with Crippen molar-refractivity contribution in [3.8, 4) is 0 Å². The summed E-state index contributed by atoms with van der Waals surface area (Å²) in [6.07, 6.45) is 11.4. The lowest BCUT2D eigenvalue weighted by molar-refractivity contribution is 0.409. The van der Waals surface area contributed by atoms with Crippen molar-refractivity contribution < 1.29 is 0 Å². The monoisotopic (exact) mass is 211 g/mol. The van der Waals surface area contributed by atoms with Gasteiger partial charge in [-0.1, -0.05) is 65.5 Å². The van der Waals surface area contributed by atoms with E-state index in [1.54, 1.807) is 0 Å². The van der Waals surface area contributed by atoms with Crippen molar-refractivity contribution in [2.75, 3.05) is 13.1 Å².